The number of aliphatic hydroxyl groups excluding tert-OH is 1. The van der Waals surface area contributed by atoms with Gasteiger partial charge in [-0.2, -0.15) is 10.2 Å². The second-order valence-corrected chi connectivity index (χ2v) is 11.9. The summed E-state index contributed by atoms with van der Waals surface area (Å²) in [4.78, 5) is 9.87. The van der Waals surface area contributed by atoms with Gasteiger partial charge in [0.2, 0.25) is 0 Å². The van der Waals surface area contributed by atoms with Crippen LogP contribution in [0, 0.1) is 5.92 Å². The van der Waals surface area contributed by atoms with Gasteiger partial charge in [0.05, 0.1) is 18.1 Å². The van der Waals surface area contributed by atoms with Crippen molar-refractivity contribution in [1.29, 1.82) is 0 Å². The largest absolute Gasteiger partial charge is 0.370 e. The summed E-state index contributed by atoms with van der Waals surface area (Å²) in [5, 5.41) is 19.7. The van der Waals surface area contributed by atoms with Crippen LogP contribution in [0.25, 0.3) is 0 Å². The first-order chi connectivity index (χ1) is 17.5. The fourth-order valence-corrected chi connectivity index (χ4v) is 7.36. The Balaban J connectivity index is 1.19. The molecule has 6 rings (SSSR count). The van der Waals surface area contributed by atoms with E-state index in [1.165, 1.54) is 18.4 Å². The van der Waals surface area contributed by atoms with Crippen molar-refractivity contribution in [3.05, 3.63) is 54.4 Å². The molecule has 2 saturated heterocycles. The van der Waals surface area contributed by atoms with Crippen molar-refractivity contribution in [2.75, 3.05) is 45.2 Å². The monoisotopic (exact) mass is 490 g/mol. The molecule has 1 unspecified atom stereocenters. The molecular formula is C29H42N6O. The first-order valence-electron chi connectivity index (χ1n) is 14.0. The molecule has 1 atom stereocenters. The molecule has 7 nitrogen and oxygen atoms in total. The standard InChI is InChI=1S/C29H42N6O/c1-32(2)29(24-6-4-3-5-7-24)15-13-28(14-16-29)22-34(27(36)35(28)21-23-8-9-23)25-11-18-33(19-12-25)26-10-17-30-31-20-26/h3-7,10,17,20,23,25,27,36H,8-9,11-16,18-19,21-22H2,1-2H3/t27?,28-,29+. The Kier molecular flexibility index (Phi) is 6.53. The number of piperidine rings is 1. The summed E-state index contributed by atoms with van der Waals surface area (Å²) in [6, 6.07) is 13.6. The quantitative estimate of drug-likeness (QED) is 0.665. The van der Waals surface area contributed by atoms with E-state index in [4.69, 9.17) is 0 Å². The van der Waals surface area contributed by atoms with Gasteiger partial charge in [0.15, 0.2) is 6.35 Å². The Labute approximate surface area is 216 Å². The van der Waals surface area contributed by atoms with E-state index in [0.717, 1.165) is 76.3 Å². The van der Waals surface area contributed by atoms with Crippen LogP contribution in [-0.4, -0.2) is 88.2 Å². The molecule has 4 aliphatic rings. The smallest absolute Gasteiger partial charge is 0.166 e. The summed E-state index contributed by atoms with van der Waals surface area (Å²) < 4.78 is 0. The Morgan fingerprint density at radius 2 is 1.67 bits per heavy atom. The highest BCUT2D eigenvalue weighted by Gasteiger charge is 2.56. The first-order valence-corrected chi connectivity index (χ1v) is 14.0. The van der Waals surface area contributed by atoms with E-state index < -0.39 is 6.35 Å². The van der Waals surface area contributed by atoms with Crippen LogP contribution in [0.1, 0.15) is 56.9 Å². The van der Waals surface area contributed by atoms with Crippen LogP contribution >= 0.6 is 0 Å². The van der Waals surface area contributed by atoms with Crippen molar-refractivity contribution in [2.24, 2.45) is 5.92 Å². The average Bonchev–Trinajstić information content (AvgIpc) is 3.72. The van der Waals surface area contributed by atoms with Crippen molar-refractivity contribution in [1.82, 2.24) is 24.9 Å². The van der Waals surface area contributed by atoms with Crippen molar-refractivity contribution in [3.63, 3.8) is 0 Å². The van der Waals surface area contributed by atoms with Crippen LogP contribution in [-0.2, 0) is 5.54 Å². The minimum atomic E-state index is -0.451. The van der Waals surface area contributed by atoms with Gasteiger partial charge >= 0.3 is 0 Å². The van der Waals surface area contributed by atoms with Crippen LogP contribution in [0.5, 0.6) is 0 Å². The van der Waals surface area contributed by atoms with Gasteiger partial charge in [0, 0.05) is 43.3 Å². The van der Waals surface area contributed by atoms with Gasteiger partial charge in [-0.3, -0.25) is 14.7 Å². The van der Waals surface area contributed by atoms with Crippen molar-refractivity contribution >= 4 is 5.69 Å². The lowest BCUT2D eigenvalue weighted by Crippen LogP contribution is -2.56. The van der Waals surface area contributed by atoms with E-state index in [1.54, 1.807) is 6.20 Å². The maximum Gasteiger partial charge on any atom is 0.166 e. The van der Waals surface area contributed by atoms with E-state index in [9.17, 15) is 5.11 Å². The summed E-state index contributed by atoms with van der Waals surface area (Å²) in [6.07, 6.45) is 12.6. The highest BCUT2D eigenvalue weighted by Crippen LogP contribution is 2.51. The van der Waals surface area contributed by atoms with E-state index in [-0.39, 0.29) is 11.1 Å². The molecule has 2 aliphatic carbocycles. The normalized spacial score (nSPS) is 32.6. The zero-order valence-electron chi connectivity index (χ0n) is 22.0. The fraction of sp³-hybridized carbons (Fsp3) is 0.655. The third-order valence-electron chi connectivity index (χ3n) is 9.86. The minimum absolute atomic E-state index is 0.0834. The van der Waals surface area contributed by atoms with Gasteiger partial charge < -0.3 is 10.0 Å². The molecular weight excluding hydrogens is 448 g/mol. The lowest BCUT2D eigenvalue weighted by atomic mass is 9.68. The Morgan fingerprint density at radius 1 is 0.944 bits per heavy atom. The maximum atomic E-state index is 11.7. The lowest BCUT2D eigenvalue weighted by Gasteiger charge is -2.51. The van der Waals surface area contributed by atoms with Crippen LogP contribution < -0.4 is 4.90 Å². The van der Waals surface area contributed by atoms with E-state index in [2.05, 4.69) is 80.3 Å². The molecule has 4 fully saturated rings. The molecule has 2 aromatic rings. The van der Waals surface area contributed by atoms with Gasteiger partial charge in [0.25, 0.3) is 0 Å². The molecule has 1 aromatic carbocycles. The SMILES string of the molecule is CN(C)[C@]1(c2ccccc2)CC[C@]2(CC1)CN(C1CCN(c3ccnnc3)CC1)C(O)N2CC1CC1. The molecule has 1 aromatic heterocycles. The van der Waals surface area contributed by atoms with Crippen LogP contribution in [0.2, 0.25) is 0 Å². The number of hydrogen-bond acceptors (Lipinski definition) is 7. The molecule has 0 bridgehead atoms. The number of anilines is 1. The van der Waals surface area contributed by atoms with Crippen molar-refractivity contribution in [3.8, 4) is 0 Å². The Morgan fingerprint density at radius 3 is 2.28 bits per heavy atom. The lowest BCUT2D eigenvalue weighted by molar-refractivity contribution is -0.105. The summed E-state index contributed by atoms with van der Waals surface area (Å²) in [5.74, 6) is 0.771. The van der Waals surface area contributed by atoms with Gasteiger partial charge in [-0.15, -0.1) is 0 Å². The number of hydrogen-bond donors (Lipinski definition) is 1. The first kappa shape index (κ1) is 24.3. The van der Waals surface area contributed by atoms with Crippen molar-refractivity contribution in [2.45, 2.75) is 74.8 Å². The number of aromatic nitrogens is 2. The highest BCUT2D eigenvalue weighted by molar-refractivity contribution is 5.43. The third kappa shape index (κ3) is 4.34. The number of nitrogens with zero attached hydrogens (tertiary/aromatic N) is 6. The van der Waals surface area contributed by atoms with Gasteiger partial charge in [-0.1, -0.05) is 30.3 Å². The minimum Gasteiger partial charge on any atom is -0.370 e. The molecule has 2 aliphatic heterocycles. The maximum absolute atomic E-state index is 11.7. The van der Waals surface area contributed by atoms with E-state index in [1.807, 2.05) is 6.20 Å². The molecule has 1 N–H and O–H groups in total. The summed E-state index contributed by atoms with van der Waals surface area (Å²) >= 11 is 0. The molecule has 36 heavy (non-hydrogen) atoms. The molecule has 7 heteroatoms. The third-order valence-corrected chi connectivity index (χ3v) is 9.86. The highest BCUT2D eigenvalue weighted by atomic mass is 16.3. The Hall–Kier alpha value is -2.06. The summed E-state index contributed by atoms with van der Waals surface area (Å²) in [7, 11) is 4.49. The van der Waals surface area contributed by atoms with Gasteiger partial charge in [0.1, 0.15) is 0 Å². The zero-order chi connectivity index (χ0) is 24.8. The predicted octanol–water partition coefficient (Wildman–Crippen LogP) is 3.52. The second-order valence-electron chi connectivity index (χ2n) is 11.9. The number of aliphatic hydroxyl groups is 1. The Bertz CT molecular complexity index is 997. The van der Waals surface area contributed by atoms with E-state index in [0.29, 0.717) is 6.04 Å². The van der Waals surface area contributed by atoms with Crippen LogP contribution in [0.3, 0.4) is 0 Å². The summed E-state index contributed by atoms with van der Waals surface area (Å²) in [5.41, 5.74) is 2.76. The average molecular weight is 491 g/mol. The van der Waals surface area contributed by atoms with Gasteiger partial charge in [-0.05, 0) is 83.0 Å². The zero-order valence-corrected chi connectivity index (χ0v) is 22.0. The predicted molar refractivity (Wildman–Crippen MR) is 142 cm³/mol. The molecule has 0 amide bonds. The molecule has 3 heterocycles. The molecule has 194 valence electrons. The second kappa shape index (κ2) is 9.67. The molecule has 0 radical (unpaired) electrons. The van der Waals surface area contributed by atoms with Crippen LogP contribution in [0.4, 0.5) is 5.69 Å². The van der Waals surface area contributed by atoms with Crippen LogP contribution in [0.15, 0.2) is 48.8 Å². The van der Waals surface area contributed by atoms with E-state index >= 15 is 0 Å². The number of benzene rings is 1. The summed E-state index contributed by atoms with van der Waals surface area (Å²) in [6.45, 7) is 4.07. The topological polar surface area (TPSA) is 59.0 Å². The van der Waals surface area contributed by atoms with Gasteiger partial charge in [-0.25, -0.2) is 0 Å². The fourth-order valence-electron chi connectivity index (χ4n) is 7.36. The number of rotatable bonds is 6. The molecule has 2 saturated carbocycles. The van der Waals surface area contributed by atoms with Crippen molar-refractivity contribution < 1.29 is 5.11 Å². The molecule has 1 spiro atoms.